The molecular weight excluding hydrogens is 496 g/mol. The number of aliphatic hydroxyl groups is 1. The molecule has 0 aliphatic carbocycles. The van der Waals surface area contributed by atoms with Gasteiger partial charge in [0, 0.05) is 0 Å². The number of benzene rings is 2. The molecule has 2 aromatic carbocycles. The monoisotopic (exact) mass is 514 g/mol. The molecule has 0 aromatic heterocycles. The highest BCUT2D eigenvalue weighted by Crippen LogP contribution is 2.42. The Morgan fingerprint density at radius 2 is 2.06 bits per heavy atom. The van der Waals surface area contributed by atoms with Crippen LogP contribution in [0.1, 0.15) is 12.5 Å². The second-order valence-electron chi connectivity index (χ2n) is 6.29. The van der Waals surface area contributed by atoms with E-state index in [-0.39, 0.29) is 24.5 Å². The topological polar surface area (TPSA) is 101 Å². The Hall–Kier alpha value is -3.22. The second-order valence-corrected chi connectivity index (χ2v) is 8.17. The molecule has 0 atom stereocenters. The zero-order valence-electron chi connectivity index (χ0n) is 17.3. The van der Waals surface area contributed by atoms with Gasteiger partial charge in [0.1, 0.15) is 22.4 Å². The zero-order valence-corrected chi connectivity index (χ0v) is 19.7. The van der Waals surface area contributed by atoms with Gasteiger partial charge in [-0.2, -0.15) is 5.26 Å². The van der Waals surface area contributed by atoms with Crippen LogP contribution in [0.2, 0.25) is 0 Å². The molecule has 0 spiro atoms. The van der Waals surface area contributed by atoms with Crippen LogP contribution in [-0.4, -0.2) is 36.4 Å². The average Bonchev–Trinajstić information content (AvgIpc) is 3.08. The van der Waals surface area contributed by atoms with Gasteiger partial charge in [-0.25, -0.2) is 9.79 Å². The third-order valence-corrected chi connectivity index (χ3v) is 5.80. The molecule has 0 radical (unpaired) electrons. The molecule has 7 nitrogen and oxygen atoms in total. The normalized spacial score (nSPS) is 15.7. The van der Waals surface area contributed by atoms with Gasteiger partial charge in [-0.05, 0) is 58.8 Å². The molecule has 0 bridgehead atoms. The summed E-state index contributed by atoms with van der Waals surface area (Å²) in [5.74, 6) is -0.0389. The molecule has 3 rings (SSSR count). The lowest BCUT2D eigenvalue weighted by Gasteiger charge is -2.11. The van der Waals surface area contributed by atoms with Crippen LogP contribution < -0.4 is 9.47 Å². The fraction of sp³-hybridized carbons (Fsp3) is 0.174. The molecule has 0 fully saturated rings. The Bertz CT molecular complexity index is 1150. The van der Waals surface area contributed by atoms with Gasteiger partial charge in [0.2, 0.25) is 0 Å². The summed E-state index contributed by atoms with van der Waals surface area (Å²) >= 11 is 4.59. The maximum Gasteiger partial charge on any atom is 0.344 e. The van der Waals surface area contributed by atoms with E-state index in [1.165, 1.54) is 7.11 Å². The van der Waals surface area contributed by atoms with Gasteiger partial charge in [-0.15, -0.1) is 0 Å². The van der Waals surface area contributed by atoms with Crippen molar-refractivity contribution in [2.75, 3.05) is 20.3 Å². The van der Waals surface area contributed by atoms with Gasteiger partial charge < -0.3 is 19.3 Å². The molecule has 0 saturated carbocycles. The Balaban J connectivity index is 2.04. The number of ether oxygens (including phenoxy) is 3. The maximum atomic E-state index is 12.5. The van der Waals surface area contributed by atoms with Crippen molar-refractivity contribution >= 4 is 50.5 Å². The largest absolute Gasteiger partial charge is 0.506 e. The summed E-state index contributed by atoms with van der Waals surface area (Å²) in [5, 5.41) is 19.9. The molecular formula is C23H19BrN2O5S. The molecule has 1 heterocycles. The molecule has 32 heavy (non-hydrogen) atoms. The Morgan fingerprint density at radius 3 is 2.72 bits per heavy atom. The van der Waals surface area contributed by atoms with E-state index in [4.69, 9.17) is 19.5 Å². The van der Waals surface area contributed by atoms with Gasteiger partial charge in [0.05, 0.1) is 28.8 Å². The second kappa shape index (κ2) is 10.9. The van der Waals surface area contributed by atoms with Crippen molar-refractivity contribution < 1.29 is 24.1 Å². The highest BCUT2D eigenvalue weighted by molar-refractivity contribution is 9.10. The molecule has 1 N–H and O–H groups in total. The number of nitriles is 1. The van der Waals surface area contributed by atoms with Crippen molar-refractivity contribution in [1.29, 1.82) is 5.26 Å². The smallest absolute Gasteiger partial charge is 0.344 e. The van der Waals surface area contributed by atoms with Crippen LogP contribution in [0.3, 0.4) is 0 Å². The lowest BCUT2D eigenvalue weighted by Crippen LogP contribution is -2.12. The molecule has 2 aromatic rings. The molecule has 0 amide bonds. The minimum Gasteiger partial charge on any atom is -0.506 e. The van der Waals surface area contributed by atoms with Crippen molar-refractivity contribution in [2.24, 2.45) is 4.99 Å². The van der Waals surface area contributed by atoms with Crippen molar-refractivity contribution in [3.63, 3.8) is 0 Å². The van der Waals surface area contributed by atoms with Crippen molar-refractivity contribution in [2.45, 2.75) is 6.92 Å². The third kappa shape index (κ3) is 5.33. The number of thioether (sulfide) groups is 1. The quantitative estimate of drug-likeness (QED) is 0.483. The van der Waals surface area contributed by atoms with E-state index in [2.05, 4.69) is 20.9 Å². The number of rotatable bonds is 7. The van der Waals surface area contributed by atoms with Crippen LogP contribution in [0, 0.1) is 11.3 Å². The first-order chi connectivity index (χ1) is 15.5. The molecule has 1 aliphatic heterocycles. The number of carbonyl (C=O) groups is 1. The first-order valence-corrected chi connectivity index (χ1v) is 11.1. The lowest BCUT2D eigenvalue weighted by atomic mass is 10.1. The summed E-state index contributed by atoms with van der Waals surface area (Å²) < 4.78 is 16.5. The van der Waals surface area contributed by atoms with E-state index in [9.17, 15) is 9.90 Å². The van der Waals surface area contributed by atoms with Crippen LogP contribution >= 0.6 is 27.7 Å². The van der Waals surface area contributed by atoms with Gasteiger partial charge in [0.15, 0.2) is 18.1 Å². The molecule has 164 valence electrons. The average molecular weight is 515 g/mol. The number of hydrogen-bond donors (Lipinski definition) is 1. The standard InChI is InChI=1S/C23H19BrN2O5S/c1-3-30-23(28)19-20(27)18(32-22(19)26-15-7-5-4-6-8-15)13-14-11-16(24)21(31-10-9-25)17(12-14)29-2/h4-8,11-13,27H,3,10H2,1-2H3/b18-13-,26-22?. The number of nitrogens with zero attached hydrogens (tertiary/aromatic N) is 2. The molecule has 9 heteroatoms. The summed E-state index contributed by atoms with van der Waals surface area (Å²) in [6.07, 6.45) is 1.70. The zero-order chi connectivity index (χ0) is 23.1. The highest BCUT2D eigenvalue weighted by atomic mass is 79.9. The summed E-state index contributed by atoms with van der Waals surface area (Å²) in [4.78, 5) is 17.5. The number of halogens is 1. The van der Waals surface area contributed by atoms with E-state index < -0.39 is 5.97 Å². The summed E-state index contributed by atoms with van der Waals surface area (Å²) in [7, 11) is 1.49. The lowest BCUT2D eigenvalue weighted by molar-refractivity contribution is -0.138. The number of aliphatic imine (C=N–C) groups is 1. The number of esters is 1. The number of carbonyl (C=O) groups excluding carboxylic acids is 1. The highest BCUT2D eigenvalue weighted by Gasteiger charge is 2.33. The van der Waals surface area contributed by atoms with Crippen LogP contribution in [0.4, 0.5) is 5.69 Å². The van der Waals surface area contributed by atoms with Crippen molar-refractivity contribution in [1.82, 2.24) is 0 Å². The van der Waals surface area contributed by atoms with E-state index in [1.54, 1.807) is 37.3 Å². The van der Waals surface area contributed by atoms with E-state index in [0.717, 1.165) is 11.8 Å². The first-order valence-electron chi connectivity index (χ1n) is 9.50. The fourth-order valence-electron chi connectivity index (χ4n) is 2.83. The van der Waals surface area contributed by atoms with Gasteiger partial charge in [-0.1, -0.05) is 30.0 Å². The molecule has 1 aliphatic rings. The molecule has 0 unspecified atom stereocenters. The Morgan fingerprint density at radius 1 is 1.31 bits per heavy atom. The first kappa shape index (κ1) is 23.4. The number of hydrogen-bond acceptors (Lipinski definition) is 8. The summed E-state index contributed by atoms with van der Waals surface area (Å²) in [6, 6.07) is 14.5. The number of methoxy groups -OCH3 is 1. The number of para-hydroxylation sites is 1. The van der Waals surface area contributed by atoms with Crippen molar-refractivity contribution in [3.05, 3.63) is 68.7 Å². The van der Waals surface area contributed by atoms with Crippen LogP contribution in [0.25, 0.3) is 6.08 Å². The number of aliphatic hydroxyl groups excluding tert-OH is 1. The van der Waals surface area contributed by atoms with E-state index in [1.807, 2.05) is 24.3 Å². The van der Waals surface area contributed by atoms with Crippen LogP contribution in [-0.2, 0) is 9.53 Å². The van der Waals surface area contributed by atoms with Gasteiger partial charge >= 0.3 is 5.97 Å². The minimum absolute atomic E-state index is 0.0203. The maximum absolute atomic E-state index is 12.5. The summed E-state index contributed by atoms with van der Waals surface area (Å²) in [5.41, 5.74) is 1.34. The van der Waals surface area contributed by atoms with Crippen LogP contribution in [0.15, 0.2) is 68.2 Å². The third-order valence-electron chi connectivity index (χ3n) is 4.19. The minimum atomic E-state index is -0.644. The Labute approximate surface area is 198 Å². The predicted octanol–water partition coefficient (Wildman–Crippen LogP) is 5.55. The summed E-state index contributed by atoms with van der Waals surface area (Å²) in [6.45, 7) is 1.74. The van der Waals surface area contributed by atoms with Crippen molar-refractivity contribution in [3.8, 4) is 17.6 Å². The van der Waals surface area contributed by atoms with Crippen LogP contribution in [0.5, 0.6) is 11.5 Å². The molecule has 0 saturated heterocycles. The SMILES string of the molecule is CCOC(=O)C1=C(O)/C(=C/c2cc(Br)c(OCC#N)c(OC)c2)SC1=Nc1ccccc1. The van der Waals surface area contributed by atoms with Gasteiger partial charge in [0.25, 0.3) is 0 Å². The van der Waals surface area contributed by atoms with Gasteiger partial charge in [-0.3, -0.25) is 0 Å². The van der Waals surface area contributed by atoms with E-state index in [0.29, 0.717) is 37.2 Å². The van der Waals surface area contributed by atoms with E-state index >= 15 is 0 Å². The predicted molar refractivity (Wildman–Crippen MR) is 127 cm³/mol. The Kier molecular flexibility index (Phi) is 7.98. The fourth-order valence-corrected chi connectivity index (χ4v) is 4.44.